The van der Waals surface area contributed by atoms with E-state index < -0.39 is 0 Å². The summed E-state index contributed by atoms with van der Waals surface area (Å²) >= 11 is 0. The number of hydrogen-bond donors (Lipinski definition) is 0. The van der Waals surface area contributed by atoms with E-state index in [0.29, 0.717) is 0 Å². The van der Waals surface area contributed by atoms with Crippen molar-refractivity contribution in [3.05, 3.63) is 71.8 Å². The first-order valence-electron chi connectivity index (χ1n) is 7.11. The van der Waals surface area contributed by atoms with Crippen molar-refractivity contribution in [1.29, 1.82) is 0 Å². The third-order valence-corrected chi connectivity index (χ3v) is 3.70. The fourth-order valence-electron chi connectivity index (χ4n) is 2.45. The highest BCUT2D eigenvalue weighted by molar-refractivity contribution is 5.98. The van der Waals surface area contributed by atoms with Gasteiger partial charge in [-0.2, -0.15) is 0 Å². The number of hydrogen-bond acceptors (Lipinski definition) is 1. The van der Waals surface area contributed by atoms with Gasteiger partial charge in [0.15, 0.2) is 5.78 Å². The summed E-state index contributed by atoms with van der Waals surface area (Å²) in [4.78, 5) is 12.8. The third kappa shape index (κ3) is 3.57. The van der Waals surface area contributed by atoms with E-state index in [9.17, 15) is 4.79 Å². The molecule has 0 aromatic heterocycles. The van der Waals surface area contributed by atoms with Crippen molar-refractivity contribution in [2.45, 2.75) is 27.2 Å². The fourth-order valence-corrected chi connectivity index (χ4v) is 2.45. The van der Waals surface area contributed by atoms with E-state index in [1.807, 2.05) is 48.5 Å². The Hall–Kier alpha value is -1.89. The molecule has 2 aromatic rings. The normalized spacial score (nSPS) is 12.9. The molecule has 0 aliphatic carbocycles. The van der Waals surface area contributed by atoms with Gasteiger partial charge in [-0.05, 0) is 17.4 Å². The first-order chi connectivity index (χ1) is 9.48. The number of Topliss-reactive ketones (excluding diaryl/α,β-unsaturated/α-hetero) is 1. The lowest BCUT2D eigenvalue weighted by Gasteiger charge is -2.29. The van der Waals surface area contributed by atoms with E-state index in [1.165, 1.54) is 5.56 Å². The highest BCUT2D eigenvalue weighted by Gasteiger charge is 2.31. The second-order valence-electron chi connectivity index (χ2n) is 6.34. The molecule has 2 aromatic carbocycles. The summed E-state index contributed by atoms with van der Waals surface area (Å²) in [5.41, 5.74) is 1.98. The zero-order chi connectivity index (χ0) is 14.6. The van der Waals surface area contributed by atoms with Crippen LogP contribution in [0.3, 0.4) is 0 Å². The monoisotopic (exact) mass is 266 g/mol. The van der Waals surface area contributed by atoms with Gasteiger partial charge >= 0.3 is 0 Å². The van der Waals surface area contributed by atoms with Gasteiger partial charge in [-0.25, -0.2) is 0 Å². The van der Waals surface area contributed by atoms with Gasteiger partial charge in [0.25, 0.3) is 0 Å². The average molecular weight is 266 g/mol. The van der Waals surface area contributed by atoms with Gasteiger partial charge in [0.2, 0.25) is 0 Å². The fraction of sp³-hybridized carbons (Fsp3) is 0.316. The van der Waals surface area contributed by atoms with Gasteiger partial charge in [0, 0.05) is 11.5 Å². The van der Waals surface area contributed by atoms with Gasteiger partial charge in [-0.1, -0.05) is 81.4 Å². The van der Waals surface area contributed by atoms with Crippen LogP contribution in [-0.4, -0.2) is 5.78 Å². The van der Waals surface area contributed by atoms with Crippen molar-refractivity contribution >= 4 is 5.78 Å². The minimum Gasteiger partial charge on any atom is -0.294 e. The van der Waals surface area contributed by atoms with Gasteiger partial charge in [0.1, 0.15) is 0 Å². The maximum Gasteiger partial charge on any atom is 0.166 e. The zero-order valence-corrected chi connectivity index (χ0v) is 12.5. The summed E-state index contributed by atoms with van der Waals surface area (Å²) in [5.74, 6) is 0.231. The van der Waals surface area contributed by atoms with E-state index in [4.69, 9.17) is 0 Å². The molecule has 0 aliphatic heterocycles. The minimum atomic E-state index is -0.0528. The van der Waals surface area contributed by atoms with E-state index in [2.05, 4.69) is 32.9 Å². The standard InChI is InChI=1S/C19H22O/c1-19(2,3)17(14-15-10-6-4-7-11-15)18(20)16-12-8-5-9-13-16/h4-13,17H,14H2,1-3H3. The number of ketones is 1. The molecule has 1 atom stereocenters. The van der Waals surface area contributed by atoms with E-state index in [0.717, 1.165) is 12.0 Å². The Bertz CT molecular complexity index is 549. The molecule has 0 amide bonds. The van der Waals surface area contributed by atoms with Crippen molar-refractivity contribution in [2.75, 3.05) is 0 Å². The molecule has 0 bridgehead atoms. The van der Waals surface area contributed by atoms with Crippen LogP contribution >= 0.6 is 0 Å². The predicted molar refractivity (Wildman–Crippen MR) is 83.9 cm³/mol. The minimum absolute atomic E-state index is 0.00713. The quantitative estimate of drug-likeness (QED) is 0.728. The lowest BCUT2D eigenvalue weighted by molar-refractivity contribution is 0.0816. The van der Waals surface area contributed by atoms with Crippen molar-refractivity contribution in [2.24, 2.45) is 11.3 Å². The van der Waals surface area contributed by atoms with Crippen LogP contribution in [0.2, 0.25) is 0 Å². The molecule has 0 N–H and O–H groups in total. The Labute approximate surface area is 121 Å². The van der Waals surface area contributed by atoms with Crippen molar-refractivity contribution in [3.63, 3.8) is 0 Å². The van der Waals surface area contributed by atoms with Crippen LogP contribution in [0.15, 0.2) is 60.7 Å². The topological polar surface area (TPSA) is 17.1 Å². The summed E-state index contributed by atoms with van der Waals surface area (Å²) < 4.78 is 0. The summed E-state index contributed by atoms with van der Waals surface area (Å²) in [5, 5.41) is 0. The van der Waals surface area contributed by atoms with E-state index >= 15 is 0 Å². The summed E-state index contributed by atoms with van der Waals surface area (Å²) in [6.45, 7) is 6.42. The summed E-state index contributed by atoms with van der Waals surface area (Å²) in [6.07, 6.45) is 0.790. The van der Waals surface area contributed by atoms with Gasteiger partial charge < -0.3 is 0 Å². The Kier molecular flexibility index (Phi) is 4.39. The Morgan fingerprint density at radius 3 is 1.90 bits per heavy atom. The SMILES string of the molecule is CC(C)(C)C(Cc1ccccc1)C(=O)c1ccccc1. The molecule has 0 spiro atoms. The molecule has 104 valence electrons. The molecule has 0 saturated carbocycles. The Morgan fingerprint density at radius 1 is 0.900 bits per heavy atom. The molecule has 1 heteroatoms. The molecule has 0 saturated heterocycles. The maximum atomic E-state index is 12.8. The molecule has 0 radical (unpaired) electrons. The highest BCUT2D eigenvalue weighted by Crippen LogP contribution is 2.32. The first-order valence-corrected chi connectivity index (χ1v) is 7.11. The van der Waals surface area contributed by atoms with E-state index in [-0.39, 0.29) is 17.1 Å². The maximum absolute atomic E-state index is 12.8. The Morgan fingerprint density at radius 2 is 1.40 bits per heavy atom. The summed E-state index contributed by atoms with van der Waals surface area (Å²) in [6, 6.07) is 19.9. The molecule has 0 aliphatic rings. The van der Waals surface area contributed by atoms with E-state index in [1.54, 1.807) is 0 Å². The largest absolute Gasteiger partial charge is 0.294 e. The molecule has 1 unspecified atom stereocenters. The third-order valence-electron chi connectivity index (χ3n) is 3.70. The van der Waals surface area contributed by atoms with Gasteiger partial charge in [0.05, 0.1) is 0 Å². The molecule has 20 heavy (non-hydrogen) atoms. The van der Waals surface area contributed by atoms with Crippen LogP contribution in [0.4, 0.5) is 0 Å². The van der Waals surface area contributed by atoms with Crippen molar-refractivity contribution in [1.82, 2.24) is 0 Å². The molecule has 0 fully saturated rings. The van der Waals surface area contributed by atoms with Crippen LogP contribution in [0.1, 0.15) is 36.7 Å². The zero-order valence-electron chi connectivity index (χ0n) is 12.5. The van der Waals surface area contributed by atoms with Crippen LogP contribution in [0.25, 0.3) is 0 Å². The highest BCUT2D eigenvalue weighted by atomic mass is 16.1. The number of rotatable bonds is 4. The lowest BCUT2D eigenvalue weighted by Crippen LogP contribution is -2.30. The van der Waals surface area contributed by atoms with Crippen LogP contribution < -0.4 is 0 Å². The molecule has 1 nitrogen and oxygen atoms in total. The Balaban J connectivity index is 2.27. The molecule has 0 heterocycles. The lowest BCUT2D eigenvalue weighted by atomic mass is 9.73. The summed E-state index contributed by atoms with van der Waals surface area (Å²) in [7, 11) is 0. The molecular formula is C19H22O. The number of carbonyl (C=O) groups excluding carboxylic acids is 1. The molecular weight excluding hydrogens is 244 g/mol. The van der Waals surface area contributed by atoms with Gasteiger partial charge in [-0.3, -0.25) is 4.79 Å². The van der Waals surface area contributed by atoms with Crippen LogP contribution in [-0.2, 0) is 6.42 Å². The van der Waals surface area contributed by atoms with Crippen molar-refractivity contribution in [3.8, 4) is 0 Å². The predicted octanol–water partition coefficient (Wildman–Crippen LogP) is 4.77. The van der Waals surface area contributed by atoms with Gasteiger partial charge in [-0.15, -0.1) is 0 Å². The molecule has 2 rings (SSSR count). The number of carbonyl (C=O) groups is 1. The second kappa shape index (κ2) is 6.04. The smallest absolute Gasteiger partial charge is 0.166 e. The first kappa shape index (κ1) is 14.5. The second-order valence-corrected chi connectivity index (χ2v) is 6.34. The van der Waals surface area contributed by atoms with Crippen LogP contribution in [0, 0.1) is 11.3 Å². The van der Waals surface area contributed by atoms with Crippen LogP contribution in [0.5, 0.6) is 0 Å². The van der Waals surface area contributed by atoms with Crippen molar-refractivity contribution < 1.29 is 4.79 Å². The average Bonchev–Trinajstić information content (AvgIpc) is 2.45. The number of benzene rings is 2.